The minimum absolute atomic E-state index is 0.171. The number of sulfone groups is 1. The van der Waals surface area contributed by atoms with Crippen LogP contribution in [0.25, 0.3) is 6.08 Å². The Labute approximate surface area is 136 Å². The highest BCUT2D eigenvalue weighted by atomic mass is 32.2. The summed E-state index contributed by atoms with van der Waals surface area (Å²) in [6, 6.07) is 16.1. The maximum Gasteiger partial charge on any atom is 0.185 e. The fraction of sp³-hybridized carbons (Fsp3) is 0.105. The smallest absolute Gasteiger partial charge is 0.185 e. The van der Waals surface area contributed by atoms with E-state index in [1.807, 2.05) is 43.3 Å². The molecular weight excluding hydrogens is 308 g/mol. The van der Waals surface area contributed by atoms with Crippen molar-refractivity contribution in [3.8, 4) is 0 Å². The fourth-order valence-corrected chi connectivity index (χ4v) is 3.15. The predicted octanol–water partition coefficient (Wildman–Crippen LogP) is 3.61. The van der Waals surface area contributed by atoms with Gasteiger partial charge in [0, 0.05) is 0 Å². The quantitative estimate of drug-likeness (QED) is 0.602. The summed E-state index contributed by atoms with van der Waals surface area (Å²) in [5.74, 6) is -0.963. The van der Waals surface area contributed by atoms with Gasteiger partial charge in [-0.1, -0.05) is 66.3 Å². The van der Waals surface area contributed by atoms with Crippen LogP contribution in [0.3, 0.4) is 0 Å². The van der Waals surface area contributed by atoms with E-state index < -0.39 is 21.4 Å². The van der Waals surface area contributed by atoms with Crippen molar-refractivity contribution in [1.82, 2.24) is 0 Å². The second-order valence-corrected chi connectivity index (χ2v) is 7.16. The molecule has 0 spiro atoms. The lowest BCUT2D eigenvalue weighted by atomic mass is 10.2. The van der Waals surface area contributed by atoms with Gasteiger partial charge in [0.1, 0.15) is 5.75 Å². The normalized spacial score (nSPS) is 12.0. The molecule has 0 aromatic heterocycles. The molecule has 0 saturated carbocycles. The van der Waals surface area contributed by atoms with Gasteiger partial charge in [0.2, 0.25) is 0 Å². The van der Waals surface area contributed by atoms with Crippen LogP contribution in [-0.2, 0) is 14.6 Å². The van der Waals surface area contributed by atoms with E-state index in [1.54, 1.807) is 24.3 Å². The molecule has 2 aromatic rings. The molecule has 0 aliphatic carbocycles. The number of rotatable bonds is 6. The fourth-order valence-electron chi connectivity index (χ4n) is 1.96. The van der Waals surface area contributed by atoms with Gasteiger partial charge in [-0.05, 0) is 30.7 Å². The van der Waals surface area contributed by atoms with Gasteiger partial charge in [0.05, 0.1) is 4.90 Å². The maximum absolute atomic E-state index is 12.1. The molecular formula is C19H18O3S. The van der Waals surface area contributed by atoms with Crippen LogP contribution in [0.2, 0.25) is 0 Å². The van der Waals surface area contributed by atoms with E-state index in [1.165, 1.54) is 18.2 Å². The summed E-state index contributed by atoms with van der Waals surface area (Å²) in [4.78, 5) is 12.0. The number of benzene rings is 2. The lowest BCUT2D eigenvalue weighted by Gasteiger charge is -2.02. The van der Waals surface area contributed by atoms with Gasteiger partial charge in [0.25, 0.3) is 0 Å². The van der Waals surface area contributed by atoms with Crippen LogP contribution in [0.4, 0.5) is 0 Å². The highest BCUT2D eigenvalue weighted by Crippen LogP contribution is 2.12. The standard InChI is InChI=1S/C19H18O3S/c1-16-11-13-19(14-12-16)23(21,22)15-18(20)10-6-5-9-17-7-3-2-4-8-17/h2-14H,15H2,1H3/b9-5+,10-6+. The maximum atomic E-state index is 12.1. The first-order valence-electron chi connectivity index (χ1n) is 7.19. The van der Waals surface area contributed by atoms with E-state index >= 15 is 0 Å². The number of carbonyl (C=O) groups excluding carboxylic acids is 1. The van der Waals surface area contributed by atoms with E-state index in [4.69, 9.17) is 0 Å². The van der Waals surface area contributed by atoms with Gasteiger partial charge < -0.3 is 0 Å². The molecule has 23 heavy (non-hydrogen) atoms. The Balaban J connectivity index is 1.97. The van der Waals surface area contributed by atoms with Crippen LogP contribution in [0.5, 0.6) is 0 Å². The first-order chi connectivity index (χ1) is 11.0. The highest BCUT2D eigenvalue weighted by Gasteiger charge is 2.17. The molecule has 0 amide bonds. The summed E-state index contributed by atoms with van der Waals surface area (Å²) in [6.45, 7) is 1.88. The van der Waals surface area contributed by atoms with Crippen molar-refractivity contribution in [3.63, 3.8) is 0 Å². The number of carbonyl (C=O) groups is 1. The molecule has 0 heterocycles. The summed E-state index contributed by atoms with van der Waals surface area (Å²) in [6.07, 6.45) is 6.40. The third kappa shape index (κ3) is 5.34. The van der Waals surface area contributed by atoms with Crippen molar-refractivity contribution in [2.45, 2.75) is 11.8 Å². The summed E-state index contributed by atoms with van der Waals surface area (Å²) in [5.41, 5.74) is 1.98. The molecule has 0 aliphatic heterocycles. The van der Waals surface area contributed by atoms with Gasteiger partial charge in [0.15, 0.2) is 15.6 Å². The van der Waals surface area contributed by atoms with E-state index in [0.717, 1.165) is 11.1 Å². The molecule has 0 fully saturated rings. The van der Waals surface area contributed by atoms with Crippen LogP contribution >= 0.6 is 0 Å². The molecule has 0 unspecified atom stereocenters. The highest BCUT2D eigenvalue weighted by molar-refractivity contribution is 7.92. The Hall–Kier alpha value is -2.46. The Morgan fingerprint density at radius 2 is 1.61 bits per heavy atom. The van der Waals surface area contributed by atoms with Crippen molar-refractivity contribution in [3.05, 3.63) is 84.0 Å². The number of aryl methyl sites for hydroxylation is 1. The zero-order valence-electron chi connectivity index (χ0n) is 12.8. The van der Waals surface area contributed by atoms with Crippen LogP contribution in [0.1, 0.15) is 11.1 Å². The lowest BCUT2D eigenvalue weighted by molar-refractivity contribution is -0.112. The Morgan fingerprint density at radius 3 is 2.26 bits per heavy atom. The first kappa shape index (κ1) is 16.9. The van der Waals surface area contributed by atoms with Crippen molar-refractivity contribution < 1.29 is 13.2 Å². The number of hydrogen-bond donors (Lipinski definition) is 0. The van der Waals surface area contributed by atoms with Crippen molar-refractivity contribution in [1.29, 1.82) is 0 Å². The zero-order chi connectivity index (χ0) is 16.7. The number of hydrogen-bond acceptors (Lipinski definition) is 3. The molecule has 0 N–H and O–H groups in total. The predicted molar refractivity (Wildman–Crippen MR) is 92.9 cm³/mol. The summed E-state index contributed by atoms with van der Waals surface area (Å²) in [7, 11) is -3.59. The SMILES string of the molecule is Cc1ccc(S(=O)(=O)CC(=O)/C=C/C=C/c2ccccc2)cc1. The molecule has 0 aliphatic rings. The zero-order valence-corrected chi connectivity index (χ0v) is 13.7. The second kappa shape index (κ2) is 7.70. The summed E-state index contributed by atoms with van der Waals surface area (Å²) < 4.78 is 24.3. The summed E-state index contributed by atoms with van der Waals surface area (Å²) >= 11 is 0. The topological polar surface area (TPSA) is 51.2 Å². The van der Waals surface area contributed by atoms with E-state index in [-0.39, 0.29) is 4.90 Å². The molecule has 3 nitrogen and oxygen atoms in total. The lowest BCUT2D eigenvalue weighted by Crippen LogP contribution is -2.14. The second-order valence-electron chi connectivity index (χ2n) is 5.17. The van der Waals surface area contributed by atoms with Crippen molar-refractivity contribution >= 4 is 21.7 Å². The number of ketones is 1. The van der Waals surface area contributed by atoms with E-state index in [2.05, 4.69) is 0 Å². The Morgan fingerprint density at radius 1 is 0.957 bits per heavy atom. The van der Waals surface area contributed by atoms with E-state index in [9.17, 15) is 13.2 Å². The third-order valence-electron chi connectivity index (χ3n) is 3.19. The van der Waals surface area contributed by atoms with E-state index in [0.29, 0.717) is 0 Å². The van der Waals surface area contributed by atoms with Crippen molar-refractivity contribution in [2.24, 2.45) is 0 Å². The van der Waals surface area contributed by atoms with Crippen molar-refractivity contribution in [2.75, 3.05) is 5.75 Å². The average Bonchev–Trinajstić information content (AvgIpc) is 2.52. The average molecular weight is 326 g/mol. The minimum Gasteiger partial charge on any atom is -0.294 e. The molecule has 0 saturated heterocycles. The molecule has 0 bridgehead atoms. The Bertz CT molecular complexity index is 815. The van der Waals surface area contributed by atoms with Crippen LogP contribution in [-0.4, -0.2) is 20.0 Å². The van der Waals surface area contributed by atoms with Gasteiger partial charge in [-0.25, -0.2) is 8.42 Å². The molecule has 4 heteroatoms. The van der Waals surface area contributed by atoms with Gasteiger partial charge in [-0.15, -0.1) is 0 Å². The van der Waals surface area contributed by atoms with Gasteiger partial charge >= 0.3 is 0 Å². The van der Waals surface area contributed by atoms with Gasteiger partial charge in [-0.3, -0.25) is 4.79 Å². The monoisotopic (exact) mass is 326 g/mol. The molecule has 118 valence electrons. The Kier molecular flexibility index (Phi) is 5.66. The first-order valence-corrected chi connectivity index (χ1v) is 8.85. The molecule has 0 radical (unpaired) electrons. The van der Waals surface area contributed by atoms with Gasteiger partial charge in [-0.2, -0.15) is 0 Å². The van der Waals surface area contributed by atoms with Crippen LogP contribution < -0.4 is 0 Å². The van der Waals surface area contributed by atoms with Crippen LogP contribution in [0, 0.1) is 6.92 Å². The molecule has 0 atom stereocenters. The summed E-state index contributed by atoms with van der Waals surface area (Å²) in [5, 5.41) is 0. The largest absolute Gasteiger partial charge is 0.294 e. The molecule has 2 aromatic carbocycles. The number of allylic oxidation sites excluding steroid dienone is 3. The third-order valence-corrected chi connectivity index (χ3v) is 4.85. The minimum atomic E-state index is -3.59. The molecule has 2 rings (SSSR count). The van der Waals surface area contributed by atoms with Crippen LogP contribution in [0.15, 0.2) is 77.7 Å².